The number of benzene rings is 1. The van der Waals surface area contributed by atoms with Gasteiger partial charge in [0.1, 0.15) is 11.4 Å². The molecule has 1 aliphatic heterocycles. The topological polar surface area (TPSA) is 46.5 Å². The Morgan fingerprint density at radius 2 is 1.89 bits per heavy atom. The highest BCUT2D eigenvalue weighted by molar-refractivity contribution is 5.91. The van der Waals surface area contributed by atoms with E-state index in [0.717, 1.165) is 30.4 Å². The Morgan fingerprint density at radius 1 is 1.22 bits per heavy atom. The van der Waals surface area contributed by atoms with Crippen molar-refractivity contribution in [2.24, 2.45) is 11.8 Å². The summed E-state index contributed by atoms with van der Waals surface area (Å²) in [6.45, 7) is 10.5. The van der Waals surface area contributed by atoms with E-state index in [-0.39, 0.29) is 17.6 Å². The summed E-state index contributed by atoms with van der Waals surface area (Å²) in [6.07, 6.45) is 5.82. The Kier molecular flexibility index (Phi) is 7.29. The van der Waals surface area contributed by atoms with Gasteiger partial charge in [-0.1, -0.05) is 69.2 Å². The first-order valence-electron chi connectivity index (χ1n) is 10.1. The second-order valence-corrected chi connectivity index (χ2v) is 8.36. The molecule has 2 rings (SSSR count). The zero-order valence-electron chi connectivity index (χ0n) is 17.4. The number of cyclic esters (lactones) is 1. The molecule has 0 radical (unpaired) electrons. The van der Waals surface area contributed by atoms with E-state index in [4.69, 9.17) is 4.74 Å². The first-order valence-corrected chi connectivity index (χ1v) is 10.1. The Labute approximate surface area is 164 Å². The van der Waals surface area contributed by atoms with Crippen molar-refractivity contribution in [2.75, 3.05) is 0 Å². The number of ether oxygens (including phenoxy) is 1. The number of allylic oxidation sites excluding steroid dienone is 2. The van der Waals surface area contributed by atoms with Gasteiger partial charge in [0.05, 0.1) is 5.57 Å². The first kappa shape index (κ1) is 21.3. The SMILES string of the molecule is CCCC(C=C(C)C)C1=C(O)CC(CCC(C)C)(c2ccccc2)OC1=O. The highest BCUT2D eigenvalue weighted by atomic mass is 16.6. The Hall–Kier alpha value is -2.03. The van der Waals surface area contributed by atoms with Gasteiger partial charge in [-0.2, -0.15) is 0 Å². The lowest BCUT2D eigenvalue weighted by molar-refractivity contribution is -0.162. The van der Waals surface area contributed by atoms with Crippen LogP contribution < -0.4 is 0 Å². The summed E-state index contributed by atoms with van der Waals surface area (Å²) in [6, 6.07) is 9.85. The summed E-state index contributed by atoms with van der Waals surface area (Å²) >= 11 is 0. The van der Waals surface area contributed by atoms with Crippen molar-refractivity contribution in [1.29, 1.82) is 0 Å². The largest absolute Gasteiger partial charge is 0.512 e. The smallest absolute Gasteiger partial charge is 0.338 e. The number of carbonyl (C=O) groups excluding carboxylic acids is 1. The van der Waals surface area contributed by atoms with E-state index in [1.165, 1.54) is 0 Å². The highest BCUT2D eigenvalue weighted by Crippen LogP contribution is 2.44. The number of hydrogen-bond donors (Lipinski definition) is 1. The molecule has 0 aromatic heterocycles. The van der Waals surface area contributed by atoms with E-state index in [2.05, 4.69) is 26.8 Å². The molecule has 0 saturated carbocycles. The molecule has 3 nitrogen and oxygen atoms in total. The number of aliphatic hydroxyl groups excluding tert-OH is 1. The van der Waals surface area contributed by atoms with Gasteiger partial charge in [-0.3, -0.25) is 0 Å². The minimum Gasteiger partial charge on any atom is -0.512 e. The third-order valence-electron chi connectivity index (χ3n) is 5.20. The van der Waals surface area contributed by atoms with Crippen LogP contribution in [0.3, 0.4) is 0 Å². The standard InChI is InChI=1S/C24H34O3/c1-6-10-19(15-18(4)5)22-21(25)16-24(27-23(22)26,14-13-17(2)3)20-11-8-7-9-12-20/h7-9,11-12,15,17,19,25H,6,10,13-14,16H2,1-5H3. The van der Waals surface area contributed by atoms with Crippen LogP contribution in [0.1, 0.15) is 72.3 Å². The van der Waals surface area contributed by atoms with Crippen molar-refractivity contribution in [3.63, 3.8) is 0 Å². The molecular formula is C24H34O3. The summed E-state index contributed by atoms with van der Waals surface area (Å²) in [5.41, 5.74) is 1.76. The molecule has 0 saturated heterocycles. The Bertz CT molecular complexity index is 696. The average Bonchev–Trinajstić information content (AvgIpc) is 2.60. The van der Waals surface area contributed by atoms with Crippen molar-refractivity contribution in [1.82, 2.24) is 0 Å². The molecule has 27 heavy (non-hydrogen) atoms. The van der Waals surface area contributed by atoms with E-state index < -0.39 is 5.60 Å². The molecule has 0 aliphatic carbocycles. The first-order chi connectivity index (χ1) is 12.8. The summed E-state index contributed by atoms with van der Waals surface area (Å²) in [7, 11) is 0. The maximum absolute atomic E-state index is 13.1. The fourth-order valence-corrected chi connectivity index (χ4v) is 3.85. The van der Waals surface area contributed by atoms with Crippen molar-refractivity contribution < 1.29 is 14.6 Å². The number of esters is 1. The lowest BCUT2D eigenvalue weighted by Gasteiger charge is -2.39. The number of rotatable bonds is 8. The predicted molar refractivity (Wildman–Crippen MR) is 110 cm³/mol. The predicted octanol–water partition coefficient (Wildman–Crippen LogP) is 6.46. The molecule has 1 aromatic carbocycles. The van der Waals surface area contributed by atoms with Crippen molar-refractivity contribution in [3.8, 4) is 0 Å². The van der Waals surface area contributed by atoms with Gasteiger partial charge in [-0.15, -0.1) is 0 Å². The number of aliphatic hydroxyl groups is 1. The van der Waals surface area contributed by atoms with Crippen molar-refractivity contribution in [3.05, 3.63) is 58.9 Å². The summed E-state index contributed by atoms with van der Waals surface area (Å²) in [5, 5.41) is 11.0. The molecule has 2 atom stereocenters. The molecule has 0 amide bonds. The molecular weight excluding hydrogens is 336 g/mol. The van der Waals surface area contributed by atoms with E-state index in [1.54, 1.807) is 0 Å². The van der Waals surface area contributed by atoms with E-state index in [0.29, 0.717) is 24.3 Å². The van der Waals surface area contributed by atoms with Crippen LogP contribution in [0.25, 0.3) is 0 Å². The van der Waals surface area contributed by atoms with Crippen LogP contribution in [0.4, 0.5) is 0 Å². The summed E-state index contributed by atoms with van der Waals surface area (Å²) < 4.78 is 6.12. The summed E-state index contributed by atoms with van der Waals surface area (Å²) in [4.78, 5) is 13.1. The van der Waals surface area contributed by atoms with Crippen LogP contribution in [0.2, 0.25) is 0 Å². The third kappa shape index (κ3) is 5.24. The van der Waals surface area contributed by atoms with Gasteiger partial charge >= 0.3 is 5.97 Å². The molecule has 1 N–H and O–H groups in total. The van der Waals surface area contributed by atoms with Crippen LogP contribution in [-0.2, 0) is 15.1 Å². The highest BCUT2D eigenvalue weighted by Gasteiger charge is 2.44. The normalized spacial score (nSPS) is 21.2. The minimum absolute atomic E-state index is 0.0913. The third-order valence-corrected chi connectivity index (χ3v) is 5.20. The molecule has 148 valence electrons. The lowest BCUT2D eigenvalue weighted by atomic mass is 9.79. The maximum atomic E-state index is 13.1. The lowest BCUT2D eigenvalue weighted by Crippen LogP contribution is -2.39. The van der Waals surface area contributed by atoms with Gasteiger partial charge in [0.15, 0.2) is 0 Å². The quantitative estimate of drug-likeness (QED) is 0.422. The van der Waals surface area contributed by atoms with E-state index >= 15 is 0 Å². The van der Waals surface area contributed by atoms with E-state index in [1.807, 2.05) is 44.2 Å². The zero-order valence-corrected chi connectivity index (χ0v) is 17.4. The van der Waals surface area contributed by atoms with Gasteiger partial charge < -0.3 is 9.84 Å². The Balaban J connectivity index is 2.46. The number of hydrogen-bond acceptors (Lipinski definition) is 3. The maximum Gasteiger partial charge on any atom is 0.338 e. The monoisotopic (exact) mass is 370 g/mol. The number of carbonyl (C=O) groups is 1. The van der Waals surface area contributed by atoms with Gasteiger partial charge in [-0.05, 0) is 44.6 Å². The fourth-order valence-electron chi connectivity index (χ4n) is 3.85. The van der Waals surface area contributed by atoms with Crippen LogP contribution in [0.15, 0.2) is 53.3 Å². The zero-order chi connectivity index (χ0) is 20.0. The molecule has 0 spiro atoms. The molecule has 1 aromatic rings. The molecule has 1 heterocycles. The average molecular weight is 371 g/mol. The Morgan fingerprint density at radius 3 is 2.41 bits per heavy atom. The molecule has 0 fully saturated rings. The molecule has 0 bridgehead atoms. The van der Waals surface area contributed by atoms with Crippen molar-refractivity contribution in [2.45, 2.75) is 72.3 Å². The van der Waals surface area contributed by atoms with Crippen molar-refractivity contribution >= 4 is 5.97 Å². The van der Waals surface area contributed by atoms with Crippen LogP contribution >= 0.6 is 0 Å². The van der Waals surface area contributed by atoms with Gasteiger partial charge in [-0.25, -0.2) is 4.79 Å². The second kappa shape index (κ2) is 9.25. The minimum atomic E-state index is -0.780. The van der Waals surface area contributed by atoms with Gasteiger partial charge in [0.2, 0.25) is 0 Å². The van der Waals surface area contributed by atoms with Gasteiger partial charge in [0, 0.05) is 12.3 Å². The van der Waals surface area contributed by atoms with Gasteiger partial charge in [0.25, 0.3) is 0 Å². The van der Waals surface area contributed by atoms with Crippen LogP contribution in [0, 0.1) is 11.8 Å². The van der Waals surface area contributed by atoms with Crippen LogP contribution in [-0.4, -0.2) is 11.1 Å². The van der Waals surface area contributed by atoms with E-state index in [9.17, 15) is 9.90 Å². The molecule has 1 aliphatic rings. The summed E-state index contributed by atoms with van der Waals surface area (Å²) in [5.74, 6) is 0.221. The molecule has 2 unspecified atom stereocenters. The van der Waals surface area contributed by atoms with Crippen LogP contribution in [0.5, 0.6) is 0 Å². The molecule has 3 heteroatoms. The fraction of sp³-hybridized carbons (Fsp3) is 0.542. The second-order valence-electron chi connectivity index (χ2n) is 8.36.